The molecule has 0 atom stereocenters. The lowest BCUT2D eigenvalue weighted by Crippen LogP contribution is -2.27. The summed E-state index contributed by atoms with van der Waals surface area (Å²) in [5.41, 5.74) is 2.67. The number of imide groups is 1. The average Bonchev–Trinajstić information content (AvgIpc) is 3.17. The van der Waals surface area contributed by atoms with E-state index in [0.29, 0.717) is 34.6 Å². The minimum Gasteiger partial charge on any atom is -0.490 e. The number of rotatable bonds is 8. The summed E-state index contributed by atoms with van der Waals surface area (Å²) < 4.78 is 12.8. The Labute approximate surface area is 243 Å². The molecule has 38 heavy (non-hydrogen) atoms. The predicted octanol–water partition coefficient (Wildman–Crippen LogP) is 8.31. The van der Waals surface area contributed by atoms with E-state index < -0.39 is 0 Å². The van der Waals surface area contributed by atoms with Crippen molar-refractivity contribution < 1.29 is 19.1 Å². The first-order valence-corrected chi connectivity index (χ1v) is 14.3. The van der Waals surface area contributed by atoms with Crippen molar-refractivity contribution in [2.45, 2.75) is 20.1 Å². The Kier molecular flexibility index (Phi) is 8.26. The van der Waals surface area contributed by atoms with Crippen LogP contribution in [0, 0.1) is 3.57 Å². The topological polar surface area (TPSA) is 55.8 Å². The van der Waals surface area contributed by atoms with Gasteiger partial charge in [-0.3, -0.25) is 14.5 Å². The molecular weight excluding hydrogens is 633 g/mol. The maximum absolute atomic E-state index is 13.3. The number of hydrogen-bond donors (Lipinski definition) is 0. The molecule has 4 aromatic carbocycles. The van der Waals surface area contributed by atoms with E-state index >= 15 is 0 Å². The van der Waals surface area contributed by atoms with Gasteiger partial charge < -0.3 is 9.47 Å². The molecule has 0 unspecified atom stereocenters. The number of ether oxygens (including phenoxy) is 2. The number of amides is 2. The van der Waals surface area contributed by atoms with Gasteiger partial charge in [-0.1, -0.05) is 66.2 Å². The number of halogens is 2. The van der Waals surface area contributed by atoms with Crippen molar-refractivity contribution >= 4 is 73.9 Å². The molecule has 192 valence electrons. The number of thioether (sulfide) groups is 1. The number of hydrogen-bond acceptors (Lipinski definition) is 5. The predicted molar refractivity (Wildman–Crippen MR) is 162 cm³/mol. The van der Waals surface area contributed by atoms with Crippen molar-refractivity contribution in [3.05, 3.63) is 109 Å². The molecule has 0 spiro atoms. The minimum absolute atomic E-state index is 0.225. The summed E-state index contributed by atoms with van der Waals surface area (Å²) in [5.74, 6) is 0.905. The average molecular weight is 656 g/mol. The second-order valence-corrected chi connectivity index (χ2v) is 11.2. The molecule has 1 saturated heterocycles. The van der Waals surface area contributed by atoms with E-state index in [-0.39, 0.29) is 17.7 Å². The van der Waals surface area contributed by atoms with Crippen LogP contribution in [0.15, 0.2) is 83.8 Å². The molecule has 4 aromatic rings. The molecule has 0 N–H and O–H groups in total. The third-order valence-corrected chi connectivity index (χ3v) is 7.97. The smallest absolute Gasteiger partial charge is 0.293 e. The van der Waals surface area contributed by atoms with Crippen molar-refractivity contribution in [3.8, 4) is 11.5 Å². The first-order valence-electron chi connectivity index (χ1n) is 12.0. The van der Waals surface area contributed by atoms with Crippen LogP contribution >= 0.6 is 46.0 Å². The molecule has 0 aliphatic carbocycles. The van der Waals surface area contributed by atoms with Gasteiger partial charge in [-0.25, -0.2) is 0 Å². The minimum atomic E-state index is -0.302. The summed E-state index contributed by atoms with van der Waals surface area (Å²) in [7, 11) is 0. The van der Waals surface area contributed by atoms with Crippen molar-refractivity contribution in [2.75, 3.05) is 6.61 Å². The SMILES string of the molecule is CCOc1cc(/C=C2\SC(=O)N(Cc3cccc4ccccc34)C2=O)cc(I)c1OCc1ccc(Cl)cc1. The maximum Gasteiger partial charge on any atom is 0.293 e. The lowest BCUT2D eigenvalue weighted by molar-refractivity contribution is -0.123. The quantitative estimate of drug-likeness (QED) is 0.141. The summed E-state index contributed by atoms with van der Waals surface area (Å²) in [6.45, 7) is 2.95. The third-order valence-electron chi connectivity index (χ3n) is 6.01. The highest BCUT2D eigenvalue weighted by Crippen LogP contribution is 2.38. The fraction of sp³-hybridized carbons (Fsp3) is 0.133. The zero-order chi connectivity index (χ0) is 26.6. The Morgan fingerprint density at radius 1 is 0.974 bits per heavy atom. The van der Waals surface area contributed by atoms with Gasteiger partial charge in [0.15, 0.2) is 11.5 Å². The summed E-state index contributed by atoms with van der Waals surface area (Å²) in [5, 5.41) is 2.49. The highest BCUT2D eigenvalue weighted by atomic mass is 127. The monoisotopic (exact) mass is 655 g/mol. The van der Waals surface area contributed by atoms with Gasteiger partial charge in [0.25, 0.3) is 11.1 Å². The highest BCUT2D eigenvalue weighted by Gasteiger charge is 2.35. The van der Waals surface area contributed by atoms with Crippen LogP contribution < -0.4 is 9.47 Å². The number of carbonyl (C=O) groups is 2. The molecule has 0 saturated carbocycles. The van der Waals surface area contributed by atoms with Crippen LogP contribution in [0.2, 0.25) is 5.02 Å². The zero-order valence-electron chi connectivity index (χ0n) is 20.4. The molecule has 5 rings (SSSR count). The van der Waals surface area contributed by atoms with Gasteiger partial charge in [0, 0.05) is 5.02 Å². The van der Waals surface area contributed by atoms with Gasteiger partial charge in [-0.2, -0.15) is 0 Å². The number of benzene rings is 4. The molecule has 0 radical (unpaired) electrons. The third kappa shape index (κ3) is 5.85. The van der Waals surface area contributed by atoms with Gasteiger partial charge in [-0.15, -0.1) is 0 Å². The van der Waals surface area contributed by atoms with E-state index in [0.717, 1.165) is 42.8 Å². The van der Waals surface area contributed by atoms with Crippen LogP contribution in [0.5, 0.6) is 11.5 Å². The first-order chi connectivity index (χ1) is 18.4. The maximum atomic E-state index is 13.3. The van der Waals surface area contributed by atoms with Crippen LogP contribution in [0.25, 0.3) is 16.8 Å². The highest BCUT2D eigenvalue weighted by molar-refractivity contribution is 14.1. The molecule has 1 fully saturated rings. The number of carbonyl (C=O) groups excluding carboxylic acids is 2. The fourth-order valence-corrected chi connectivity index (χ4v) is 5.94. The largest absolute Gasteiger partial charge is 0.490 e. The van der Waals surface area contributed by atoms with E-state index in [1.54, 1.807) is 6.08 Å². The Bertz CT molecular complexity index is 1550. The molecule has 5 nitrogen and oxygen atoms in total. The lowest BCUT2D eigenvalue weighted by Gasteiger charge is -2.15. The van der Waals surface area contributed by atoms with Crippen LogP contribution in [0.1, 0.15) is 23.6 Å². The molecule has 2 amide bonds. The normalized spacial score (nSPS) is 14.5. The number of nitrogens with zero attached hydrogens (tertiary/aromatic N) is 1. The number of fused-ring (bicyclic) bond motifs is 1. The van der Waals surface area contributed by atoms with E-state index in [9.17, 15) is 9.59 Å². The van der Waals surface area contributed by atoms with Crippen LogP contribution in [0.4, 0.5) is 4.79 Å². The van der Waals surface area contributed by atoms with E-state index in [2.05, 4.69) is 22.6 Å². The Morgan fingerprint density at radius 2 is 1.74 bits per heavy atom. The Morgan fingerprint density at radius 3 is 2.53 bits per heavy atom. The second-order valence-electron chi connectivity index (χ2n) is 8.58. The van der Waals surface area contributed by atoms with E-state index in [1.165, 1.54) is 4.90 Å². The van der Waals surface area contributed by atoms with Crippen LogP contribution in [-0.4, -0.2) is 22.7 Å². The molecule has 0 bridgehead atoms. The van der Waals surface area contributed by atoms with Gasteiger partial charge >= 0.3 is 0 Å². The standard InChI is InChI=1S/C30H23ClINO4S/c1-2-36-26-15-20(14-25(32)28(26)37-18-19-10-12-23(31)13-11-19)16-27-29(34)33(30(35)38-27)17-22-8-5-7-21-6-3-4-9-24(21)22/h3-16H,2,17-18H2,1H3/b27-16-. The van der Waals surface area contributed by atoms with Gasteiger partial charge in [0.1, 0.15) is 6.61 Å². The Balaban J connectivity index is 1.38. The van der Waals surface area contributed by atoms with Crippen molar-refractivity contribution in [1.82, 2.24) is 4.90 Å². The first kappa shape index (κ1) is 26.6. The summed E-state index contributed by atoms with van der Waals surface area (Å²) in [4.78, 5) is 27.8. The molecule has 1 heterocycles. The molecule has 0 aromatic heterocycles. The molecular formula is C30H23ClINO4S. The van der Waals surface area contributed by atoms with Gasteiger partial charge in [0.05, 0.1) is 21.6 Å². The summed E-state index contributed by atoms with van der Waals surface area (Å²) >= 11 is 9.13. The fourth-order valence-electron chi connectivity index (χ4n) is 4.20. The van der Waals surface area contributed by atoms with Crippen LogP contribution in [0.3, 0.4) is 0 Å². The summed E-state index contributed by atoms with van der Waals surface area (Å²) in [6, 6.07) is 25.1. The van der Waals surface area contributed by atoms with Gasteiger partial charge in [-0.05, 0) is 99.1 Å². The molecule has 8 heteroatoms. The van der Waals surface area contributed by atoms with Gasteiger partial charge in [0.2, 0.25) is 0 Å². The molecule has 1 aliphatic rings. The molecule has 1 aliphatic heterocycles. The zero-order valence-corrected chi connectivity index (χ0v) is 24.2. The lowest BCUT2D eigenvalue weighted by atomic mass is 10.0. The van der Waals surface area contributed by atoms with Crippen molar-refractivity contribution in [1.29, 1.82) is 0 Å². The van der Waals surface area contributed by atoms with E-state index in [1.807, 2.05) is 85.8 Å². The van der Waals surface area contributed by atoms with Crippen molar-refractivity contribution in [3.63, 3.8) is 0 Å². The van der Waals surface area contributed by atoms with E-state index in [4.69, 9.17) is 21.1 Å². The Hall–Kier alpha value is -3.01. The van der Waals surface area contributed by atoms with Crippen molar-refractivity contribution in [2.24, 2.45) is 0 Å². The second kappa shape index (κ2) is 11.8. The van der Waals surface area contributed by atoms with Crippen LogP contribution in [-0.2, 0) is 17.9 Å². The summed E-state index contributed by atoms with van der Waals surface area (Å²) in [6.07, 6.45) is 1.74.